The van der Waals surface area contributed by atoms with Gasteiger partial charge in [0.05, 0.1) is 12.8 Å². The largest absolute Gasteiger partial charge is 0.492 e. The average Bonchev–Trinajstić information content (AvgIpc) is 2.35. The van der Waals surface area contributed by atoms with Gasteiger partial charge in [-0.1, -0.05) is 20.8 Å². The number of pyridine rings is 1. The highest BCUT2D eigenvalue weighted by Gasteiger charge is 2.14. The minimum atomic E-state index is 0.488. The first-order chi connectivity index (χ1) is 8.19. The van der Waals surface area contributed by atoms with Gasteiger partial charge in [-0.25, -0.2) is 0 Å². The van der Waals surface area contributed by atoms with E-state index >= 15 is 0 Å². The maximum Gasteiger partial charge on any atom is 0.137 e. The SMILES string of the molecule is CCNCC(C)C(C)c1cncc(OCC)c1. The van der Waals surface area contributed by atoms with Crippen molar-refractivity contribution in [2.45, 2.75) is 33.6 Å². The lowest BCUT2D eigenvalue weighted by Crippen LogP contribution is -2.24. The normalized spacial score (nSPS) is 14.4. The number of nitrogens with one attached hydrogen (secondary N) is 1. The van der Waals surface area contributed by atoms with Gasteiger partial charge in [0, 0.05) is 6.20 Å². The molecule has 17 heavy (non-hydrogen) atoms. The maximum atomic E-state index is 5.48. The van der Waals surface area contributed by atoms with Gasteiger partial charge >= 0.3 is 0 Å². The van der Waals surface area contributed by atoms with Crippen molar-refractivity contribution in [1.29, 1.82) is 0 Å². The van der Waals surface area contributed by atoms with E-state index in [1.165, 1.54) is 5.56 Å². The first kappa shape index (κ1) is 14.0. The summed E-state index contributed by atoms with van der Waals surface area (Å²) < 4.78 is 5.48. The van der Waals surface area contributed by atoms with Crippen molar-refractivity contribution < 1.29 is 4.74 Å². The summed E-state index contributed by atoms with van der Waals surface area (Å²) in [5.74, 6) is 1.95. The molecule has 3 nitrogen and oxygen atoms in total. The van der Waals surface area contributed by atoms with Crippen LogP contribution in [-0.2, 0) is 0 Å². The van der Waals surface area contributed by atoms with E-state index in [9.17, 15) is 0 Å². The second-order valence-corrected chi connectivity index (χ2v) is 4.46. The molecule has 0 aliphatic carbocycles. The molecule has 1 rings (SSSR count). The Hall–Kier alpha value is -1.09. The summed E-state index contributed by atoms with van der Waals surface area (Å²) in [6.07, 6.45) is 3.71. The zero-order chi connectivity index (χ0) is 12.7. The molecule has 0 aliphatic heterocycles. The molecule has 0 saturated carbocycles. The zero-order valence-electron chi connectivity index (χ0n) is 11.4. The van der Waals surface area contributed by atoms with E-state index in [1.807, 2.05) is 13.1 Å². The molecule has 0 spiro atoms. The Kier molecular flexibility index (Phi) is 5.98. The second-order valence-electron chi connectivity index (χ2n) is 4.46. The van der Waals surface area contributed by atoms with Crippen LogP contribution in [0.4, 0.5) is 0 Å². The Labute approximate surface area is 105 Å². The van der Waals surface area contributed by atoms with Crippen molar-refractivity contribution in [1.82, 2.24) is 10.3 Å². The fourth-order valence-electron chi connectivity index (χ4n) is 1.81. The Morgan fingerprint density at radius 1 is 1.29 bits per heavy atom. The molecule has 0 fully saturated rings. The third-order valence-electron chi connectivity index (χ3n) is 3.14. The summed E-state index contributed by atoms with van der Waals surface area (Å²) in [6, 6.07) is 2.10. The molecule has 2 unspecified atom stereocenters. The van der Waals surface area contributed by atoms with E-state index < -0.39 is 0 Å². The summed E-state index contributed by atoms with van der Waals surface area (Å²) in [4.78, 5) is 4.24. The summed E-state index contributed by atoms with van der Waals surface area (Å²) in [5.41, 5.74) is 1.25. The van der Waals surface area contributed by atoms with Crippen LogP contribution in [0.2, 0.25) is 0 Å². The fraction of sp³-hybridized carbons (Fsp3) is 0.643. The van der Waals surface area contributed by atoms with Crippen LogP contribution in [0, 0.1) is 5.92 Å². The Bertz CT molecular complexity index is 328. The van der Waals surface area contributed by atoms with Crippen LogP contribution in [0.25, 0.3) is 0 Å². The molecule has 0 bridgehead atoms. The molecule has 0 radical (unpaired) electrons. The van der Waals surface area contributed by atoms with Crippen molar-refractivity contribution >= 4 is 0 Å². The minimum absolute atomic E-state index is 0.488. The molecule has 0 saturated heterocycles. The molecule has 1 heterocycles. The molecule has 1 N–H and O–H groups in total. The first-order valence-corrected chi connectivity index (χ1v) is 6.47. The third kappa shape index (κ3) is 4.35. The van der Waals surface area contributed by atoms with Gasteiger partial charge in [-0.05, 0) is 43.5 Å². The zero-order valence-corrected chi connectivity index (χ0v) is 11.4. The molecule has 2 atom stereocenters. The van der Waals surface area contributed by atoms with Gasteiger partial charge in [0.15, 0.2) is 0 Å². The monoisotopic (exact) mass is 236 g/mol. The van der Waals surface area contributed by atoms with E-state index in [-0.39, 0.29) is 0 Å². The van der Waals surface area contributed by atoms with Crippen molar-refractivity contribution in [2.24, 2.45) is 5.92 Å². The van der Waals surface area contributed by atoms with E-state index in [2.05, 4.69) is 37.1 Å². The van der Waals surface area contributed by atoms with Gasteiger partial charge in [-0.2, -0.15) is 0 Å². The van der Waals surface area contributed by atoms with Crippen LogP contribution in [0.5, 0.6) is 5.75 Å². The fourth-order valence-corrected chi connectivity index (χ4v) is 1.81. The number of hydrogen-bond acceptors (Lipinski definition) is 3. The molecule has 96 valence electrons. The predicted octanol–water partition coefficient (Wildman–Crippen LogP) is 2.83. The summed E-state index contributed by atoms with van der Waals surface area (Å²) in [6.45, 7) is 11.4. The molecule has 1 aromatic rings. The molecule has 3 heteroatoms. The summed E-state index contributed by atoms with van der Waals surface area (Å²) in [7, 11) is 0. The number of aromatic nitrogens is 1. The van der Waals surface area contributed by atoms with Crippen LogP contribution in [0.15, 0.2) is 18.5 Å². The van der Waals surface area contributed by atoms with E-state index in [4.69, 9.17) is 4.74 Å². The number of hydrogen-bond donors (Lipinski definition) is 1. The lowest BCUT2D eigenvalue weighted by Gasteiger charge is -2.20. The predicted molar refractivity (Wildman–Crippen MR) is 71.5 cm³/mol. The van der Waals surface area contributed by atoms with Gasteiger partial charge in [0.2, 0.25) is 0 Å². The molecular formula is C14H24N2O. The molecule has 0 amide bonds. The smallest absolute Gasteiger partial charge is 0.137 e. The highest BCUT2D eigenvalue weighted by Crippen LogP contribution is 2.25. The Morgan fingerprint density at radius 3 is 2.71 bits per heavy atom. The van der Waals surface area contributed by atoms with Crippen molar-refractivity contribution in [3.8, 4) is 5.75 Å². The molecular weight excluding hydrogens is 212 g/mol. The van der Waals surface area contributed by atoms with Gasteiger partial charge in [-0.15, -0.1) is 0 Å². The number of nitrogens with zero attached hydrogens (tertiary/aromatic N) is 1. The number of ether oxygens (including phenoxy) is 1. The standard InChI is InChI=1S/C14H24N2O/c1-5-15-8-11(3)12(4)13-7-14(17-6-2)10-16-9-13/h7,9-12,15H,5-6,8H2,1-4H3. The topological polar surface area (TPSA) is 34.2 Å². The van der Waals surface area contributed by atoms with Crippen LogP contribution in [-0.4, -0.2) is 24.7 Å². The maximum absolute atomic E-state index is 5.48. The lowest BCUT2D eigenvalue weighted by atomic mass is 9.90. The molecule has 0 aliphatic rings. The Balaban J connectivity index is 2.66. The minimum Gasteiger partial charge on any atom is -0.492 e. The van der Waals surface area contributed by atoms with Gasteiger partial charge in [0.1, 0.15) is 5.75 Å². The lowest BCUT2D eigenvalue weighted by molar-refractivity contribution is 0.337. The molecule has 0 aromatic carbocycles. The summed E-state index contributed by atoms with van der Waals surface area (Å²) in [5, 5.41) is 3.39. The van der Waals surface area contributed by atoms with Gasteiger partial charge in [0.25, 0.3) is 0 Å². The van der Waals surface area contributed by atoms with Crippen LogP contribution < -0.4 is 10.1 Å². The quantitative estimate of drug-likeness (QED) is 0.790. The number of rotatable bonds is 7. The van der Waals surface area contributed by atoms with Crippen LogP contribution in [0.3, 0.4) is 0 Å². The van der Waals surface area contributed by atoms with Crippen LogP contribution in [0.1, 0.15) is 39.2 Å². The van der Waals surface area contributed by atoms with E-state index in [0.29, 0.717) is 18.4 Å². The highest BCUT2D eigenvalue weighted by molar-refractivity contribution is 5.26. The van der Waals surface area contributed by atoms with Crippen molar-refractivity contribution in [3.63, 3.8) is 0 Å². The van der Waals surface area contributed by atoms with Gasteiger partial charge < -0.3 is 10.1 Å². The second kappa shape index (κ2) is 7.28. The van der Waals surface area contributed by atoms with Crippen molar-refractivity contribution in [2.75, 3.05) is 19.7 Å². The van der Waals surface area contributed by atoms with E-state index in [0.717, 1.165) is 18.8 Å². The van der Waals surface area contributed by atoms with Gasteiger partial charge in [-0.3, -0.25) is 4.98 Å². The van der Waals surface area contributed by atoms with Crippen molar-refractivity contribution in [3.05, 3.63) is 24.0 Å². The molecule has 1 aromatic heterocycles. The third-order valence-corrected chi connectivity index (χ3v) is 3.14. The highest BCUT2D eigenvalue weighted by atomic mass is 16.5. The average molecular weight is 236 g/mol. The first-order valence-electron chi connectivity index (χ1n) is 6.47. The summed E-state index contributed by atoms with van der Waals surface area (Å²) >= 11 is 0. The van der Waals surface area contributed by atoms with E-state index in [1.54, 1.807) is 6.20 Å². The van der Waals surface area contributed by atoms with Crippen LogP contribution >= 0.6 is 0 Å². The Morgan fingerprint density at radius 2 is 2.06 bits per heavy atom.